The van der Waals surface area contributed by atoms with Gasteiger partial charge >= 0.3 is 1.43 Å². The highest BCUT2D eigenvalue weighted by Gasteiger charge is 2.16. The lowest BCUT2D eigenvalue weighted by Gasteiger charge is -2.04. The van der Waals surface area contributed by atoms with Gasteiger partial charge in [-0.3, -0.25) is 4.79 Å². The molecule has 1 heterocycles. The Balaban J connectivity index is 0.00000225. The number of benzene rings is 2. The Morgan fingerprint density at radius 1 is 1.17 bits per heavy atom. The van der Waals surface area contributed by atoms with Gasteiger partial charge in [0.1, 0.15) is 5.82 Å². The van der Waals surface area contributed by atoms with Crippen molar-refractivity contribution >= 4 is 23.2 Å². The van der Waals surface area contributed by atoms with Crippen LogP contribution < -0.4 is 5.32 Å². The second-order valence-corrected chi connectivity index (χ2v) is 5.26. The van der Waals surface area contributed by atoms with Gasteiger partial charge in [0.25, 0.3) is 5.91 Å². The number of nitrogens with zero attached hydrogens (tertiary/aromatic N) is 1. The van der Waals surface area contributed by atoms with Crippen LogP contribution in [0.25, 0.3) is 11.3 Å². The summed E-state index contributed by atoms with van der Waals surface area (Å²) < 4.78 is 31.7. The lowest BCUT2D eigenvalue weighted by atomic mass is 10.1. The molecular formula is C16H10ClF2N2O3+. The van der Waals surface area contributed by atoms with Crippen molar-refractivity contribution in [2.75, 3.05) is 5.32 Å². The molecule has 0 saturated carbocycles. The Hall–Kier alpha value is -2.93. The van der Waals surface area contributed by atoms with Gasteiger partial charge in [-0.15, -0.1) is 0 Å². The fourth-order valence-electron chi connectivity index (χ4n) is 1.96. The van der Waals surface area contributed by atoms with Gasteiger partial charge in [0.15, 0.2) is 23.0 Å². The van der Waals surface area contributed by atoms with E-state index in [1.54, 1.807) is 0 Å². The maximum atomic E-state index is 13.6. The molecule has 0 fully saturated rings. The zero-order valence-corrected chi connectivity index (χ0v) is 12.6. The largest absolute Gasteiger partial charge is 1.00 e. The van der Waals surface area contributed by atoms with Crippen LogP contribution in [-0.2, 0) is 0 Å². The second-order valence-electron chi connectivity index (χ2n) is 4.82. The van der Waals surface area contributed by atoms with Crippen molar-refractivity contribution in [2.24, 2.45) is 0 Å². The highest BCUT2D eigenvalue weighted by Crippen LogP contribution is 2.26. The fourth-order valence-corrected chi connectivity index (χ4v) is 2.14. The quantitative estimate of drug-likeness (QED) is 0.736. The number of amides is 1. The molecule has 8 heteroatoms. The number of carbonyl (C=O) groups excluding carboxylic acids is 1. The van der Waals surface area contributed by atoms with Gasteiger partial charge in [-0.1, -0.05) is 16.8 Å². The third-order valence-corrected chi connectivity index (χ3v) is 3.39. The Labute approximate surface area is 141 Å². The van der Waals surface area contributed by atoms with E-state index in [-0.39, 0.29) is 23.6 Å². The lowest BCUT2D eigenvalue weighted by Crippen LogP contribution is -2.13. The molecule has 5 nitrogen and oxygen atoms in total. The van der Waals surface area contributed by atoms with Crippen LogP contribution in [0.5, 0.6) is 5.75 Å². The summed E-state index contributed by atoms with van der Waals surface area (Å²) in [4.78, 5) is 12.1. The van der Waals surface area contributed by atoms with Gasteiger partial charge < -0.3 is 14.9 Å². The third-order valence-electron chi connectivity index (χ3n) is 3.15. The number of hydrogen-bond donors (Lipinski definition) is 2. The molecule has 0 atom stereocenters. The van der Waals surface area contributed by atoms with Crippen LogP contribution in [0.15, 0.2) is 47.0 Å². The number of aromatic nitrogens is 1. The molecule has 0 saturated heterocycles. The molecule has 24 heavy (non-hydrogen) atoms. The van der Waals surface area contributed by atoms with E-state index in [1.165, 1.54) is 24.3 Å². The summed E-state index contributed by atoms with van der Waals surface area (Å²) in [6, 6.07) is 8.55. The first-order valence-electron chi connectivity index (χ1n) is 6.66. The maximum Gasteiger partial charge on any atom is 1.00 e. The SMILES string of the molecule is O=C(Nc1cc(Cl)ccc1F)c1cc(-c2ccc(F)c(O)c2)on1.[H+]. The van der Waals surface area contributed by atoms with Gasteiger partial charge in [0.2, 0.25) is 0 Å². The number of rotatable bonds is 3. The van der Waals surface area contributed by atoms with E-state index in [9.17, 15) is 18.7 Å². The Kier molecular flexibility index (Phi) is 4.18. The molecule has 2 N–H and O–H groups in total. The van der Waals surface area contributed by atoms with Crippen LogP contribution in [0.1, 0.15) is 11.9 Å². The van der Waals surface area contributed by atoms with Gasteiger partial charge in [0, 0.05) is 16.7 Å². The average Bonchev–Trinajstić information content (AvgIpc) is 3.03. The minimum Gasteiger partial charge on any atom is -0.505 e. The Bertz CT molecular complexity index is 933. The molecule has 1 amide bonds. The zero-order valence-electron chi connectivity index (χ0n) is 12.9. The normalized spacial score (nSPS) is 10.6. The van der Waals surface area contributed by atoms with Crippen LogP contribution in [0, 0.1) is 11.6 Å². The van der Waals surface area contributed by atoms with Crippen molar-refractivity contribution in [1.29, 1.82) is 0 Å². The van der Waals surface area contributed by atoms with Gasteiger partial charge in [-0.25, -0.2) is 8.78 Å². The van der Waals surface area contributed by atoms with E-state index in [0.717, 1.165) is 18.2 Å². The molecule has 0 radical (unpaired) electrons. The molecule has 0 spiro atoms. The van der Waals surface area contributed by atoms with E-state index in [0.29, 0.717) is 5.56 Å². The maximum absolute atomic E-state index is 13.6. The average molecular weight is 352 g/mol. The molecule has 0 aliphatic rings. The minimum absolute atomic E-state index is 0. The van der Waals surface area contributed by atoms with Crippen molar-refractivity contribution in [1.82, 2.24) is 5.16 Å². The first kappa shape index (κ1) is 15.9. The number of halogens is 3. The lowest BCUT2D eigenvalue weighted by molar-refractivity contribution is 0.101. The number of hydrogen-bond acceptors (Lipinski definition) is 4. The number of nitrogens with one attached hydrogen (secondary N) is 1. The Morgan fingerprint density at radius 3 is 2.67 bits per heavy atom. The molecular weight excluding hydrogens is 342 g/mol. The monoisotopic (exact) mass is 351 g/mol. The molecule has 3 aromatic rings. The highest BCUT2D eigenvalue weighted by atomic mass is 35.5. The van der Waals surface area contributed by atoms with E-state index in [4.69, 9.17) is 16.1 Å². The van der Waals surface area contributed by atoms with Crippen LogP contribution in [0.4, 0.5) is 14.5 Å². The molecule has 0 aliphatic carbocycles. The summed E-state index contributed by atoms with van der Waals surface area (Å²) in [6.45, 7) is 0. The summed E-state index contributed by atoms with van der Waals surface area (Å²) >= 11 is 5.75. The van der Waals surface area contributed by atoms with Crippen LogP contribution in [0.2, 0.25) is 5.02 Å². The molecule has 1 aromatic heterocycles. The predicted molar refractivity (Wildman–Crippen MR) is 84.0 cm³/mol. The number of aromatic hydroxyl groups is 1. The van der Waals surface area contributed by atoms with E-state index in [1.807, 2.05) is 0 Å². The summed E-state index contributed by atoms with van der Waals surface area (Å²) in [5.74, 6) is -2.57. The van der Waals surface area contributed by atoms with E-state index in [2.05, 4.69) is 10.5 Å². The molecule has 3 rings (SSSR count). The van der Waals surface area contributed by atoms with E-state index < -0.39 is 23.3 Å². The number of phenolic OH excluding ortho intramolecular Hbond substituents is 1. The smallest absolute Gasteiger partial charge is 0.505 e. The topological polar surface area (TPSA) is 75.4 Å². The number of carbonyl (C=O) groups is 1. The van der Waals surface area contributed by atoms with Crippen molar-refractivity contribution in [3.63, 3.8) is 0 Å². The van der Waals surface area contributed by atoms with Crippen molar-refractivity contribution in [3.8, 4) is 17.1 Å². The highest BCUT2D eigenvalue weighted by molar-refractivity contribution is 6.31. The van der Waals surface area contributed by atoms with E-state index >= 15 is 0 Å². The number of anilines is 1. The summed E-state index contributed by atoms with van der Waals surface area (Å²) in [5, 5.41) is 15.5. The third kappa shape index (κ3) is 3.21. The Morgan fingerprint density at radius 2 is 1.92 bits per heavy atom. The van der Waals surface area contributed by atoms with Crippen molar-refractivity contribution < 1.29 is 24.6 Å². The van der Waals surface area contributed by atoms with Gasteiger partial charge in [-0.05, 0) is 36.4 Å². The van der Waals surface area contributed by atoms with Crippen molar-refractivity contribution in [2.45, 2.75) is 0 Å². The zero-order chi connectivity index (χ0) is 17.3. The molecule has 122 valence electrons. The van der Waals surface area contributed by atoms with Gasteiger partial charge in [-0.2, -0.15) is 0 Å². The summed E-state index contributed by atoms with van der Waals surface area (Å²) in [7, 11) is 0. The molecule has 0 unspecified atom stereocenters. The molecule has 0 aliphatic heterocycles. The summed E-state index contributed by atoms with van der Waals surface area (Å²) in [5.41, 5.74) is 0.110. The fraction of sp³-hybridized carbons (Fsp3) is 0. The van der Waals surface area contributed by atoms with Crippen LogP contribution in [-0.4, -0.2) is 16.2 Å². The summed E-state index contributed by atoms with van der Waals surface area (Å²) in [6.07, 6.45) is 0. The van der Waals surface area contributed by atoms with Gasteiger partial charge in [0.05, 0.1) is 5.69 Å². The standard InChI is InChI=1S/C16H9ClF2N2O3/c17-9-2-4-10(18)12(6-9)20-16(23)13-7-15(24-21-13)8-1-3-11(19)14(22)5-8/h1-7,22H,(H,20,23)/p+1. The first-order chi connectivity index (χ1) is 11.4. The molecule has 2 aromatic carbocycles. The predicted octanol–water partition coefficient (Wildman–Crippen LogP) is 4.34. The van der Waals surface area contributed by atoms with Crippen LogP contribution >= 0.6 is 11.6 Å². The minimum atomic E-state index is -0.785. The second kappa shape index (κ2) is 6.29. The molecule has 0 bridgehead atoms. The first-order valence-corrected chi connectivity index (χ1v) is 7.04. The van der Waals surface area contributed by atoms with Crippen LogP contribution in [0.3, 0.4) is 0 Å². The number of phenols is 1. The van der Waals surface area contributed by atoms with Crippen molar-refractivity contribution in [3.05, 3.63) is 64.8 Å².